The fraction of sp³-hybridized carbons (Fsp3) is 0.238. The third-order valence-corrected chi connectivity index (χ3v) is 4.80. The number of carbonyl (C=O) groups is 1. The van der Waals surface area contributed by atoms with E-state index in [1.165, 1.54) is 11.0 Å². The Labute approximate surface area is 173 Å². The highest BCUT2D eigenvalue weighted by molar-refractivity contribution is 6.29. The van der Waals surface area contributed by atoms with Crippen LogP contribution >= 0.6 is 11.6 Å². The Morgan fingerprint density at radius 3 is 2.72 bits per heavy atom. The topological polar surface area (TPSA) is 77.4 Å². The van der Waals surface area contributed by atoms with Crippen molar-refractivity contribution < 1.29 is 14.3 Å². The highest BCUT2D eigenvalue weighted by Crippen LogP contribution is 2.46. The molecule has 0 spiro atoms. The summed E-state index contributed by atoms with van der Waals surface area (Å²) in [6.45, 7) is 1.96. The van der Waals surface area contributed by atoms with Gasteiger partial charge in [-0.1, -0.05) is 35.9 Å². The lowest BCUT2D eigenvalue weighted by Gasteiger charge is -2.18. The molecule has 0 atom stereocenters. The number of rotatable bonds is 5. The smallest absolute Gasteiger partial charge is 0.420 e. The maximum Gasteiger partial charge on any atom is 0.420 e. The molecule has 3 aromatic rings. The van der Waals surface area contributed by atoms with Gasteiger partial charge < -0.3 is 9.47 Å². The molecule has 0 bridgehead atoms. The van der Waals surface area contributed by atoms with E-state index in [1.807, 2.05) is 25.1 Å². The van der Waals surface area contributed by atoms with Crippen molar-refractivity contribution in [1.29, 1.82) is 0 Å². The Kier molecular flexibility index (Phi) is 5.31. The molecule has 29 heavy (non-hydrogen) atoms. The number of pyridine rings is 1. The van der Waals surface area contributed by atoms with Crippen molar-refractivity contribution >= 4 is 23.5 Å². The molecule has 0 aliphatic heterocycles. The van der Waals surface area contributed by atoms with E-state index in [-0.39, 0.29) is 16.8 Å². The van der Waals surface area contributed by atoms with E-state index in [4.69, 9.17) is 21.1 Å². The van der Waals surface area contributed by atoms with Gasteiger partial charge in [0, 0.05) is 19.3 Å². The molecule has 1 aromatic carbocycles. The summed E-state index contributed by atoms with van der Waals surface area (Å²) >= 11 is 5.98. The average molecular weight is 411 g/mol. The molecule has 0 N–H and O–H groups in total. The second kappa shape index (κ2) is 8.05. The van der Waals surface area contributed by atoms with Crippen LogP contribution in [0.5, 0.6) is 17.4 Å². The van der Waals surface area contributed by atoms with E-state index >= 15 is 0 Å². The van der Waals surface area contributed by atoms with Gasteiger partial charge in [-0.3, -0.25) is 4.90 Å². The zero-order valence-corrected chi connectivity index (χ0v) is 16.8. The molecule has 0 radical (unpaired) electrons. The number of hydrogen-bond donors (Lipinski definition) is 0. The Balaban J connectivity index is 1.61. The number of carbonyl (C=O) groups excluding carboxylic acids is 1. The second-order valence-electron chi connectivity index (χ2n) is 6.82. The lowest BCUT2D eigenvalue weighted by atomic mass is 10.1. The first-order chi connectivity index (χ1) is 14.0. The zero-order valence-electron chi connectivity index (χ0n) is 16.0. The summed E-state index contributed by atoms with van der Waals surface area (Å²) in [5.74, 6) is 1.80. The van der Waals surface area contributed by atoms with Crippen LogP contribution in [0.1, 0.15) is 29.9 Å². The summed E-state index contributed by atoms with van der Waals surface area (Å²) in [6.07, 6.45) is 3.20. The van der Waals surface area contributed by atoms with Crippen molar-refractivity contribution in [3.63, 3.8) is 0 Å². The van der Waals surface area contributed by atoms with E-state index in [0.29, 0.717) is 17.5 Å². The quantitative estimate of drug-likeness (QED) is 0.579. The molecule has 0 unspecified atom stereocenters. The highest BCUT2D eigenvalue weighted by atomic mass is 35.5. The number of benzene rings is 1. The van der Waals surface area contributed by atoms with Crippen molar-refractivity contribution in [1.82, 2.24) is 15.2 Å². The number of ether oxygens (including phenoxy) is 2. The predicted octanol–water partition coefficient (Wildman–Crippen LogP) is 5.14. The summed E-state index contributed by atoms with van der Waals surface area (Å²) in [5.41, 5.74) is 2.08. The molecule has 1 amide bonds. The van der Waals surface area contributed by atoms with Crippen LogP contribution in [0, 0.1) is 6.92 Å². The van der Waals surface area contributed by atoms with Gasteiger partial charge >= 0.3 is 6.09 Å². The van der Waals surface area contributed by atoms with Crippen LogP contribution in [-0.4, -0.2) is 28.3 Å². The molecule has 0 saturated heterocycles. The average Bonchev–Trinajstić information content (AvgIpc) is 3.56. The number of anilines is 1. The second-order valence-corrected chi connectivity index (χ2v) is 7.21. The van der Waals surface area contributed by atoms with Gasteiger partial charge in [-0.05, 0) is 48.9 Å². The van der Waals surface area contributed by atoms with Crippen molar-refractivity contribution in [3.05, 3.63) is 64.9 Å². The van der Waals surface area contributed by atoms with Crippen LogP contribution in [-0.2, 0) is 0 Å². The summed E-state index contributed by atoms with van der Waals surface area (Å²) in [4.78, 5) is 18.0. The van der Waals surface area contributed by atoms with Gasteiger partial charge in [0.1, 0.15) is 11.6 Å². The van der Waals surface area contributed by atoms with Gasteiger partial charge in [0.05, 0.1) is 0 Å². The maximum absolute atomic E-state index is 12.6. The Bertz CT molecular complexity index is 1040. The van der Waals surface area contributed by atoms with Gasteiger partial charge in [-0.2, -0.15) is 0 Å². The van der Waals surface area contributed by atoms with Gasteiger partial charge in [0.15, 0.2) is 10.9 Å². The molecule has 7 nitrogen and oxygen atoms in total. The number of halogens is 1. The molecule has 1 saturated carbocycles. The SMILES string of the molecule is Cc1cccc(C2CC2)c1Oc1nnc(Cl)cc1OC(=O)N(C)c1ccccn1. The monoisotopic (exact) mass is 410 g/mol. The Morgan fingerprint density at radius 2 is 2.00 bits per heavy atom. The molecular weight excluding hydrogens is 392 g/mol. The molecule has 2 aromatic heterocycles. The van der Waals surface area contributed by atoms with Gasteiger partial charge in [0.25, 0.3) is 5.88 Å². The molecule has 1 fully saturated rings. The Morgan fingerprint density at radius 1 is 1.17 bits per heavy atom. The first-order valence-electron chi connectivity index (χ1n) is 9.20. The van der Waals surface area contributed by atoms with E-state index in [2.05, 4.69) is 15.2 Å². The number of aryl methyl sites for hydroxylation is 1. The minimum absolute atomic E-state index is 0.0772. The molecule has 148 valence electrons. The van der Waals surface area contributed by atoms with E-state index in [0.717, 1.165) is 24.0 Å². The number of hydrogen-bond acceptors (Lipinski definition) is 6. The first kappa shape index (κ1) is 19.1. The van der Waals surface area contributed by atoms with Crippen LogP contribution in [0.2, 0.25) is 5.15 Å². The molecule has 8 heteroatoms. The van der Waals surface area contributed by atoms with E-state index in [1.54, 1.807) is 31.4 Å². The Hall–Kier alpha value is -3.19. The molecule has 2 heterocycles. The number of para-hydroxylation sites is 1. The zero-order chi connectivity index (χ0) is 20.4. The van der Waals surface area contributed by atoms with Crippen LogP contribution in [0.25, 0.3) is 0 Å². The normalized spacial score (nSPS) is 13.1. The van der Waals surface area contributed by atoms with Crippen LogP contribution in [0.3, 0.4) is 0 Å². The summed E-state index contributed by atoms with van der Waals surface area (Å²) in [6, 6.07) is 12.7. The maximum atomic E-state index is 12.6. The molecule has 4 rings (SSSR count). The van der Waals surface area contributed by atoms with E-state index in [9.17, 15) is 4.79 Å². The highest BCUT2D eigenvalue weighted by Gasteiger charge is 2.28. The fourth-order valence-electron chi connectivity index (χ4n) is 2.92. The fourth-order valence-corrected chi connectivity index (χ4v) is 3.06. The summed E-state index contributed by atoms with van der Waals surface area (Å²) in [7, 11) is 1.56. The minimum atomic E-state index is -0.648. The summed E-state index contributed by atoms with van der Waals surface area (Å²) < 4.78 is 11.6. The van der Waals surface area contributed by atoms with Crippen LogP contribution in [0.15, 0.2) is 48.7 Å². The molecule has 1 aliphatic rings. The van der Waals surface area contributed by atoms with Crippen molar-refractivity contribution in [2.45, 2.75) is 25.7 Å². The third-order valence-electron chi connectivity index (χ3n) is 4.62. The van der Waals surface area contributed by atoms with Gasteiger partial charge in [0.2, 0.25) is 0 Å². The number of amides is 1. The van der Waals surface area contributed by atoms with E-state index < -0.39 is 6.09 Å². The van der Waals surface area contributed by atoms with Crippen molar-refractivity contribution in [2.75, 3.05) is 11.9 Å². The largest absolute Gasteiger partial charge is 0.434 e. The predicted molar refractivity (Wildman–Crippen MR) is 109 cm³/mol. The van der Waals surface area contributed by atoms with Crippen LogP contribution < -0.4 is 14.4 Å². The third kappa shape index (κ3) is 4.30. The number of aromatic nitrogens is 3. The molecule has 1 aliphatic carbocycles. The van der Waals surface area contributed by atoms with Gasteiger partial charge in [-0.25, -0.2) is 9.78 Å². The van der Waals surface area contributed by atoms with Crippen molar-refractivity contribution in [2.24, 2.45) is 0 Å². The molecular formula is C21H19ClN4O3. The first-order valence-corrected chi connectivity index (χ1v) is 9.58. The lowest BCUT2D eigenvalue weighted by Crippen LogP contribution is -2.30. The van der Waals surface area contributed by atoms with Crippen molar-refractivity contribution in [3.8, 4) is 17.4 Å². The standard InChI is InChI=1S/C21H19ClN4O3/c1-13-6-5-7-15(14-9-10-14)19(13)29-20-16(12-17(22)24-25-20)28-21(27)26(2)18-8-3-4-11-23-18/h3-8,11-12,14H,9-10H2,1-2H3. The number of nitrogens with zero attached hydrogens (tertiary/aromatic N) is 4. The van der Waals surface area contributed by atoms with Crippen LogP contribution in [0.4, 0.5) is 10.6 Å². The minimum Gasteiger partial charge on any atom is -0.434 e. The van der Waals surface area contributed by atoms with Gasteiger partial charge in [-0.15, -0.1) is 10.2 Å². The lowest BCUT2D eigenvalue weighted by molar-refractivity contribution is 0.206. The summed E-state index contributed by atoms with van der Waals surface area (Å²) in [5, 5.41) is 7.93.